The Bertz CT molecular complexity index is 2730. The van der Waals surface area contributed by atoms with Crippen LogP contribution in [0.5, 0.6) is 0 Å². The lowest BCUT2D eigenvalue weighted by atomic mass is 9.98. The van der Waals surface area contributed by atoms with Crippen LogP contribution >= 0.6 is 22.7 Å². The first kappa shape index (κ1) is 48.1. The number of imide groups is 2. The van der Waals surface area contributed by atoms with E-state index in [1.807, 2.05) is 19.9 Å². The molecule has 8 amide bonds. The van der Waals surface area contributed by atoms with Gasteiger partial charge in [-0.1, -0.05) is 50.2 Å². The maximum atomic E-state index is 12.9. The number of hydrogen-bond donors (Lipinski definition) is 4. The molecule has 0 aliphatic carbocycles. The van der Waals surface area contributed by atoms with Crippen molar-refractivity contribution in [2.75, 3.05) is 0 Å². The molecule has 21 heteroatoms. The average molecular weight is 961 g/mol. The molecule has 8 rings (SSSR count). The minimum Gasteiger partial charge on any atom is -0.345 e. The van der Waals surface area contributed by atoms with E-state index in [-0.39, 0.29) is 80.2 Å². The number of Topliss-reactive ketones (excluding diaryl/α,β-unsaturated/α-hetero) is 2. The normalized spacial score (nSPS) is 18.4. The Hall–Kier alpha value is -6.87. The highest BCUT2D eigenvalue weighted by Crippen LogP contribution is 2.36. The van der Waals surface area contributed by atoms with Gasteiger partial charge in [0.05, 0.1) is 22.9 Å². The molecular formula is C46H43F3N6O10S2. The molecule has 4 aliphatic rings. The summed E-state index contributed by atoms with van der Waals surface area (Å²) in [7, 11) is 0. The molecule has 0 bridgehead atoms. The number of nitrogens with zero attached hydrogens (tertiary/aromatic N) is 2. The number of amides is 8. The van der Waals surface area contributed by atoms with Crippen molar-refractivity contribution in [2.45, 2.75) is 103 Å². The van der Waals surface area contributed by atoms with Crippen LogP contribution in [0.4, 0.5) is 13.2 Å². The van der Waals surface area contributed by atoms with Crippen molar-refractivity contribution in [2.24, 2.45) is 0 Å². The number of rotatable bonds is 12. The summed E-state index contributed by atoms with van der Waals surface area (Å²) in [6.45, 7) is 5.57. The van der Waals surface area contributed by atoms with E-state index in [2.05, 4.69) is 21.3 Å². The summed E-state index contributed by atoms with van der Waals surface area (Å²) in [6.07, 6.45) is -3.56. The number of halogens is 3. The lowest BCUT2D eigenvalue weighted by Crippen LogP contribution is -2.52. The lowest BCUT2D eigenvalue weighted by molar-refractivity contribution is -0.146. The number of carbonyl (C=O) groups is 10. The Kier molecular flexibility index (Phi) is 14.0. The van der Waals surface area contributed by atoms with E-state index in [1.165, 1.54) is 56.7 Å². The molecule has 3 atom stereocenters. The van der Waals surface area contributed by atoms with Crippen molar-refractivity contribution in [3.8, 4) is 0 Å². The fourth-order valence-electron chi connectivity index (χ4n) is 7.93. The zero-order chi connectivity index (χ0) is 48.5. The predicted molar refractivity (Wildman–Crippen MR) is 235 cm³/mol. The molecule has 2 aromatic heterocycles. The predicted octanol–water partition coefficient (Wildman–Crippen LogP) is 4.81. The summed E-state index contributed by atoms with van der Waals surface area (Å²) in [5.74, 6) is -6.78. The molecule has 0 radical (unpaired) electrons. The van der Waals surface area contributed by atoms with E-state index < -0.39 is 59.4 Å². The van der Waals surface area contributed by atoms with Gasteiger partial charge >= 0.3 is 6.18 Å². The molecule has 4 aliphatic heterocycles. The van der Waals surface area contributed by atoms with Gasteiger partial charge in [-0.05, 0) is 66.1 Å². The first-order valence-corrected chi connectivity index (χ1v) is 22.8. The number of nitrogens with one attached hydrogen (secondary N) is 4. The van der Waals surface area contributed by atoms with Crippen LogP contribution in [-0.2, 0) is 54.9 Å². The first-order valence-electron chi connectivity index (χ1n) is 21.1. The maximum Gasteiger partial charge on any atom is 0.395 e. The van der Waals surface area contributed by atoms with Crippen LogP contribution < -0.4 is 21.3 Å². The van der Waals surface area contributed by atoms with E-state index in [4.69, 9.17) is 0 Å². The number of alkyl halides is 3. The molecule has 6 heterocycles. The van der Waals surface area contributed by atoms with Gasteiger partial charge in [0.1, 0.15) is 12.1 Å². The average Bonchev–Trinajstić information content (AvgIpc) is 4.09. The summed E-state index contributed by atoms with van der Waals surface area (Å²) < 4.78 is 38.6. The Morgan fingerprint density at radius 1 is 0.731 bits per heavy atom. The molecule has 4 N–H and O–H groups in total. The highest BCUT2D eigenvalue weighted by Gasteiger charge is 2.42. The Morgan fingerprint density at radius 3 is 1.90 bits per heavy atom. The number of fused-ring (bicyclic) bond motifs is 2. The van der Waals surface area contributed by atoms with Crippen LogP contribution in [0, 0.1) is 0 Å². The molecule has 4 aromatic rings. The number of benzene rings is 2. The second kappa shape index (κ2) is 19.5. The topological polar surface area (TPSA) is 225 Å². The van der Waals surface area contributed by atoms with Crippen molar-refractivity contribution in [3.05, 3.63) is 114 Å². The van der Waals surface area contributed by atoms with Crippen LogP contribution in [-0.4, -0.2) is 86.9 Å². The van der Waals surface area contributed by atoms with E-state index in [9.17, 15) is 61.1 Å². The van der Waals surface area contributed by atoms with Gasteiger partial charge in [0.25, 0.3) is 29.4 Å². The van der Waals surface area contributed by atoms with Crippen LogP contribution in [0.25, 0.3) is 0 Å². The van der Waals surface area contributed by atoms with Crippen LogP contribution in [0.15, 0.2) is 60.0 Å². The zero-order valence-electron chi connectivity index (χ0n) is 36.2. The van der Waals surface area contributed by atoms with Gasteiger partial charge in [0.2, 0.25) is 29.4 Å². The Balaban J connectivity index is 0.000000200. The minimum absolute atomic E-state index is 0.0196. The van der Waals surface area contributed by atoms with Gasteiger partial charge in [-0.2, -0.15) is 13.2 Å². The van der Waals surface area contributed by atoms with Gasteiger partial charge in [-0.3, -0.25) is 58.6 Å². The number of piperidine rings is 2. The van der Waals surface area contributed by atoms with Gasteiger partial charge in [-0.25, -0.2) is 0 Å². The second-order valence-electron chi connectivity index (χ2n) is 16.6. The quantitative estimate of drug-likeness (QED) is 0.0862. The monoisotopic (exact) mass is 960 g/mol. The van der Waals surface area contributed by atoms with Gasteiger partial charge in [0, 0.05) is 58.7 Å². The van der Waals surface area contributed by atoms with Crippen molar-refractivity contribution < 1.29 is 61.1 Å². The highest BCUT2D eigenvalue weighted by atomic mass is 32.1. The van der Waals surface area contributed by atoms with Crippen molar-refractivity contribution in [1.29, 1.82) is 0 Å². The van der Waals surface area contributed by atoms with Crippen LogP contribution in [0.2, 0.25) is 0 Å². The Morgan fingerprint density at radius 2 is 1.31 bits per heavy atom. The fraction of sp³-hybridized carbons (Fsp3) is 0.348. The first-order chi connectivity index (χ1) is 31.7. The van der Waals surface area contributed by atoms with E-state index in [0.717, 1.165) is 22.9 Å². The van der Waals surface area contributed by atoms with Crippen molar-refractivity contribution in [1.82, 2.24) is 31.1 Å². The fourth-order valence-corrected chi connectivity index (χ4v) is 9.86. The van der Waals surface area contributed by atoms with Gasteiger partial charge in [-0.15, -0.1) is 22.7 Å². The van der Waals surface area contributed by atoms with Crippen LogP contribution in [0.3, 0.4) is 0 Å². The largest absolute Gasteiger partial charge is 0.395 e. The highest BCUT2D eigenvalue weighted by molar-refractivity contribution is 7.15. The maximum absolute atomic E-state index is 12.9. The summed E-state index contributed by atoms with van der Waals surface area (Å²) >= 11 is 2.55. The summed E-state index contributed by atoms with van der Waals surface area (Å²) in [5, 5.41) is 11.3. The molecule has 67 heavy (non-hydrogen) atoms. The number of carbonyl (C=O) groups excluding carboxylic acids is 10. The molecule has 350 valence electrons. The molecule has 2 fully saturated rings. The summed E-state index contributed by atoms with van der Waals surface area (Å²) in [6, 6.07) is 12.0. The second-order valence-corrected chi connectivity index (χ2v) is 18.7. The zero-order valence-corrected chi connectivity index (χ0v) is 37.8. The lowest BCUT2D eigenvalue weighted by Gasteiger charge is -2.29. The third-order valence-corrected chi connectivity index (χ3v) is 14.2. The smallest absolute Gasteiger partial charge is 0.345 e. The van der Waals surface area contributed by atoms with E-state index in [0.29, 0.717) is 38.8 Å². The van der Waals surface area contributed by atoms with E-state index in [1.54, 1.807) is 29.6 Å². The molecule has 2 aromatic carbocycles. The van der Waals surface area contributed by atoms with Crippen molar-refractivity contribution >= 4 is 81.5 Å². The number of thiophene rings is 2. The molecule has 0 saturated carbocycles. The minimum atomic E-state index is -4.42. The van der Waals surface area contributed by atoms with Gasteiger partial charge < -0.3 is 20.4 Å². The molecular weight excluding hydrogens is 918 g/mol. The molecule has 0 spiro atoms. The number of hydrogen-bond acceptors (Lipinski definition) is 12. The third kappa shape index (κ3) is 10.4. The van der Waals surface area contributed by atoms with E-state index >= 15 is 0 Å². The molecule has 16 nitrogen and oxygen atoms in total. The van der Waals surface area contributed by atoms with Crippen LogP contribution in [0.1, 0.15) is 131 Å². The SMILES string of the molecule is CC(C)c1ccc(C(=O)C(=O)NCc2ccc3c(c2)CN(C2CCC(=O)NC2=O)C3=O)s1.CC(c1ccc(C(=O)C(=O)NCc2scc3c2CN(C2CCC(=O)NC2=O)C3=O)cc1)C(F)(F)F. The summed E-state index contributed by atoms with van der Waals surface area (Å²) in [5.41, 5.74) is 2.98. The summed E-state index contributed by atoms with van der Waals surface area (Å²) in [4.78, 5) is 127. The van der Waals surface area contributed by atoms with Gasteiger partial charge in [0.15, 0.2) is 0 Å². The molecule has 3 unspecified atom stereocenters. The van der Waals surface area contributed by atoms with Crippen molar-refractivity contribution in [3.63, 3.8) is 0 Å². The number of ketones is 2. The standard InChI is InChI=1S/C23H20F3N3O5S.C23H23N3O5S/c1-11(23(24,25)26)12-2-4-13(5-3-12)19(31)21(33)27-8-17-14-9-29(22(34)15(14)10-35-17)16-6-7-18(30)28-20(16)32;1-12(2)17-6-7-18(32-17)20(28)22(30)24-10-13-3-4-15-14(9-13)11-26(23(15)31)16-5-8-19(27)25-21(16)29/h2-5,10-11,16H,6-9H2,1H3,(H,27,33)(H,28,30,32);3-4,6-7,9,12,16H,5,8,10-11H2,1-2H3,(H,24,30)(H,25,27,29). The third-order valence-electron chi connectivity index (χ3n) is 11.8. The molecule has 2 saturated heterocycles. The Labute approximate surface area is 388 Å².